The molecule has 0 radical (unpaired) electrons. The predicted molar refractivity (Wildman–Crippen MR) is 193 cm³/mol. The minimum atomic E-state index is -3.66. The van der Waals surface area contributed by atoms with Crippen molar-refractivity contribution in [1.82, 2.24) is 0 Å². The van der Waals surface area contributed by atoms with Crippen LogP contribution >= 0.6 is 15.5 Å². The van der Waals surface area contributed by atoms with Crippen LogP contribution < -0.4 is 28.3 Å². The van der Waals surface area contributed by atoms with Gasteiger partial charge in [-0.05, 0) is 85.6 Å². The van der Waals surface area contributed by atoms with Crippen LogP contribution in [-0.4, -0.2) is 0 Å². The van der Waals surface area contributed by atoms with E-state index in [1.165, 1.54) is 0 Å². The molecule has 8 nitrogen and oxygen atoms in total. The highest BCUT2D eigenvalue weighted by Gasteiger charge is 2.30. The zero-order valence-corrected chi connectivity index (χ0v) is 28.3. The maximum absolute atomic E-state index is 13.3. The molecule has 0 atom stereocenters. The Morgan fingerprint density at radius 2 is 0.583 bits per heavy atom. The third-order valence-corrected chi connectivity index (χ3v) is 9.51. The lowest BCUT2D eigenvalue weighted by atomic mass is 10.2. The Hall–Kier alpha value is -5.42. The molecule has 0 fully saturated rings. The molecule has 10 heteroatoms. The van der Waals surface area contributed by atoms with Crippen molar-refractivity contribution in [1.29, 1.82) is 0 Å². The number of nitrogens with one attached hydrogen (secondary N) is 2. The van der Waals surface area contributed by atoms with Crippen molar-refractivity contribution in [3.8, 4) is 23.0 Å². The number of hydrogen-bond acceptors (Lipinski definition) is 6. The second-order valence-electron chi connectivity index (χ2n) is 10.5. The molecule has 0 spiro atoms. The molecule has 2 N–H and O–H groups in total. The van der Waals surface area contributed by atoms with E-state index in [0.717, 1.165) is 11.1 Å². The van der Waals surface area contributed by atoms with E-state index in [1.807, 2.05) is 135 Å². The van der Waals surface area contributed by atoms with Crippen molar-refractivity contribution in [2.45, 2.75) is 13.8 Å². The Kier molecular flexibility index (Phi) is 11.6. The third-order valence-electron chi connectivity index (χ3n) is 6.68. The zero-order chi connectivity index (χ0) is 33.7. The molecule has 0 bridgehead atoms. The molecule has 0 heterocycles. The van der Waals surface area contributed by atoms with E-state index in [9.17, 15) is 9.13 Å². The van der Waals surface area contributed by atoms with Gasteiger partial charge in [0, 0.05) is 11.4 Å². The van der Waals surface area contributed by atoms with E-state index < -0.39 is 15.5 Å². The summed E-state index contributed by atoms with van der Waals surface area (Å²) in [6, 6.07) is 51.0. The van der Waals surface area contributed by atoms with Crippen LogP contribution in [0, 0.1) is 13.8 Å². The number of hydrogen-bond donors (Lipinski definition) is 2. The minimum Gasteiger partial charge on any atom is -0.400 e. The average molecular weight is 679 g/mol. The van der Waals surface area contributed by atoms with E-state index in [1.54, 1.807) is 48.5 Å². The van der Waals surface area contributed by atoms with E-state index >= 15 is 0 Å². The summed E-state index contributed by atoms with van der Waals surface area (Å²) in [5, 5.41) is 5.86. The highest BCUT2D eigenvalue weighted by atomic mass is 31.2. The lowest BCUT2D eigenvalue weighted by Crippen LogP contribution is -2.10. The second-order valence-corrected chi connectivity index (χ2v) is 13.6. The van der Waals surface area contributed by atoms with Crippen molar-refractivity contribution in [2.24, 2.45) is 0 Å². The van der Waals surface area contributed by atoms with Crippen molar-refractivity contribution < 1.29 is 27.2 Å². The molecule has 0 amide bonds. The summed E-state index contributed by atoms with van der Waals surface area (Å²) in [6.07, 6.45) is 0. The first kappa shape index (κ1) is 33.9. The highest BCUT2D eigenvalue weighted by molar-refractivity contribution is 7.56. The molecule has 0 aliphatic rings. The largest absolute Gasteiger partial charge is 0.541 e. The fourth-order valence-corrected chi connectivity index (χ4v) is 7.25. The van der Waals surface area contributed by atoms with Gasteiger partial charge in [-0.3, -0.25) is 10.2 Å². The Morgan fingerprint density at radius 3 is 0.833 bits per heavy atom. The lowest BCUT2D eigenvalue weighted by Gasteiger charge is -2.21. The summed E-state index contributed by atoms with van der Waals surface area (Å²) >= 11 is 0. The van der Waals surface area contributed by atoms with Gasteiger partial charge >= 0.3 is 15.5 Å². The molecule has 0 saturated heterocycles. The number of rotatable bonds is 12. The average Bonchev–Trinajstić information content (AvgIpc) is 3.09. The number of aryl methyl sites for hydroxylation is 2. The normalized spacial score (nSPS) is 10.9. The van der Waals surface area contributed by atoms with Gasteiger partial charge in [0.25, 0.3) is 0 Å². The summed E-state index contributed by atoms with van der Waals surface area (Å²) in [6.45, 7) is 3.86. The summed E-state index contributed by atoms with van der Waals surface area (Å²) < 4.78 is 49.4. The van der Waals surface area contributed by atoms with Crippen LogP contribution in [0.4, 0.5) is 11.4 Å². The summed E-state index contributed by atoms with van der Waals surface area (Å²) in [4.78, 5) is 0. The van der Waals surface area contributed by atoms with Gasteiger partial charge in [0.1, 0.15) is 23.0 Å². The highest BCUT2D eigenvalue weighted by Crippen LogP contribution is 2.50. The first-order valence-electron chi connectivity index (χ1n) is 15.2. The Morgan fingerprint density at radius 1 is 0.354 bits per heavy atom. The summed E-state index contributed by atoms with van der Waals surface area (Å²) in [7, 11) is -7.32. The van der Waals surface area contributed by atoms with Crippen molar-refractivity contribution in [3.05, 3.63) is 181 Å². The predicted octanol–water partition coefficient (Wildman–Crippen LogP) is 11.3. The van der Waals surface area contributed by atoms with Gasteiger partial charge in [0.05, 0.1) is 0 Å². The van der Waals surface area contributed by atoms with E-state index in [2.05, 4.69) is 10.2 Å². The SMILES string of the molecule is Cc1ccccc1NP(=O)(Oc1ccccc1)Oc1ccccc1.Cc1ccccc1NP(=O)(Oc1ccccc1)Oc1ccccc1. The molecular weight excluding hydrogens is 642 g/mol. The maximum atomic E-state index is 13.3. The molecule has 48 heavy (non-hydrogen) atoms. The van der Waals surface area contributed by atoms with E-state index in [4.69, 9.17) is 18.1 Å². The monoisotopic (exact) mass is 678 g/mol. The molecule has 6 aromatic carbocycles. The van der Waals surface area contributed by atoms with Crippen LogP contribution in [0.25, 0.3) is 0 Å². The Balaban J connectivity index is 0.000000188. The van der Waals surface area contributed by atoms with Gasteiger partial charge < -0.3 is 18.1 Å². The van der Waals surface area contributed by atoms with Crippen LogP contribution in [0.15, 0.2) is 170 Å². The van der Waals surface area contributed by atoms with Crippen LogP contribution in [-0.2, 0) is 9.13 Å². The number of benzene rings is 6. The van der Waals surface area contributed by atoms with Crippen molar-refractivity contribution in [2.75, 3.05) is 10.2 Å². The smallest absolute Gasteiger partial charge is 0.400 e. The quantitative estimate of drug-likeness (QED) is 0.124. The summed E-state index contributed by atoms with van der Waals surface area (Å²) in [5.74, 6) is 1.88. The molecule has 0 aliphatic heterocycles. The fraction of sp³-hybridized carbons (Fsp3) is 0.0526. The zero-order valence-electron chi connectivity index (χ0n) is 26.5. The third kappa shape index (κ3) is 10.3. The number of para-hydroxylation sites is 6. The molecule has 0 saturated carbocycles. The molecule has 0 aromatic heterocycles. The first-order valence-corrected chi connectivity index (χ1v) is 18.2. The molecular formula is C38H36N2O6P2. The molecule has 0 aliphatic carbocycles. The topological polar surface area (TPSA) is 95.1 Å². The minimum absolute atomic E-state index is 0.470. The van der Waals surface area contributed by atoms with Crippen LogP contribution in [0.2, 0.25) is 0 Å². The van der Waals surface area contributed by atoms with Gasteiger partial charge in [-0.15, -0.1) is 0 Å². The molecule has 6 rings (SSSR count). The second kappa shape index (κ2) is 16.4. The van der Waals surface area contributed by atoms with Crippen LogP contribution in [0.3, 0.4) is 0 Å². The molecule has 244 valence electrons. The van der Waals surface area contributed by atoms with Gasteiger partial charge in [0.2, 0.25) is 0 Å². The number of anilines is 2. The Bertz CT molecular complexity index is 1730. The van der Waals surface area contributed by atoms with Crippen molar-refractivity contribution >= 4 is 26.9 Å². The summed E-state index contributed by atoms with van der Waals surface area (Å²) in [5.41, 5.74) is 3.30. The van der Waals surface area contributed by atoms with Crippen LogP contribution in [0.5, 0.6) is 23.0 Å². The van der Waals surface area contributed by atoms with Gasteiger partial charge in [-0.2, -0.15) is 0 Å². The Labute approximate surface area is 281 Å². The van der Waals surface area contributed by atoms with Gasteiger partial charge in [0.15, 0.2) is 0 Å². The molecule has 0 unspecified atom stereocenters. The van der Waals surface area contributed by atoms with Gasteiger partial charge in [-0.1, -0.05) is 109 Å². The standard InChI is InChI=1S/2C19H18NO3P/c2*1-16-10-8-9-15-19(16)20-24(21,22-17-11-4-2-5-12-17)23-18-13-6-3-7-14-18/h2*2-15H,1H3,(H,20,21). The fourth-order valence-electron chi connectivity index (χ4n) is 4.30. The van der Waals surface area contributed by atoms with E-state index in [-0.39, 0.29) is 0 Å². The van der Waals surface area contributed by atoms with Gasteiger partial charge in [-0.25, -0.2) is 9.13 Å². The molecule has 6 aromatic rings. The first-order chi connectivity index (χ1) is 23.3. The lowest BCUT2D eigenvalue weighted by molar-refractivity contribution is 0.391. The maximum Gasteiger partial charge on any atom is 0.541 e. The van der Waals surface area contributed by atoms with Crippen molar-refractivity contribution in [3.63, 3.8) is 0 Å². The van der Waals surface area contributed by atoms with E-state index in [0.29, 0.717) is 34.4 Å². The van der Waals surface area contributed by atoms with Crippen LogP contribution in [0.1, 0.15) is 11.1 Å².